The molecule has 0 spiro atoms. The van der Waals surface area contributed by atoms with Gasteiger partial charge in [0, 0.05) is 18.2 Å². The molecule has 0 saturated heterocycles. The fourth-order valence-electron chi connectivity index (χ4n) is 0.314. The summed E-state index contributed by atoms with van der Waals surface area (Å²) in [5.74, 6) is -3.25. The number of carboxylic acid groups (broad SMARTS) is 1. The number of carboxylic acids is 1. The lowest BCUT2D eigenvalue weighted by atomic mass is 10.5. The number of carbonyl (C=O) groups is 3. The number of hydrogen-bond acceptors (Lipinski definition) is 4. The van der Waals surface area contributed by atoms with Gasteiger partial charge >= 0.3 is 17.9 Å². The Labute approximate surface area is 67.9 Å². The zero-order valence-electron chi connectivity index (χ0n) is 6.02. The van der Waals surface area contributed by atoms with Crippen molar-refractivity contribution in [3.05, 3.63) is 24.8 Å². The first kappa shape index (κ1) is 10.1. The van der Waals surface area contributed by atoms with Crippen LogP contribution in [0.15, 0.2) is 24.8 Å². The molecule has 5 nitrogen and oxygen atoms in total. The van der Waals surface area contributed by atoms with Crippen molar-refractivity contribution in [1.82, 2.24) is 0 Å². The maximum Gasteiger partial charge on any atom is 0.338 e. The second-order valence-corrected chi connectivity index (χ2v) is 1.62. The highest BCUT2D eigenvalue weighted by Crippen LogP contribution is 1.84. The minimum Gasteiger partial charge on any atom is -0.478 e. The Hall–Kier alpha value is -1.91. The van der Waals surface area contributed by atoms with Gasteiger partial charge in [-0.3, -0.25) is 0 Å². The molecule has 0 unspecified atom stereocenters. The first-order valence-electron chi connectivity index (χ1n) is 2.85. The lowest BCUT2D eigenvalue weighted by Gasteiger charge is -1.91. The molecule has 0 aliphatic carbocycles. The van der Waals surface area contributed by atoms with Gasteiger partial charge in [0.2, 0.25) is 0 Å². The molecule has 1 N–H and O–H groups in total. The Morgan fingerprint density at radius 3 is 2.17 bits per heavy atom. The van der Waals surface area contributed by atoms with Crippen LogP contribution in [-0.4, -0.2) is 23.0 Å². The van der Waals surface area contributed by atoms with Crippen molar-refractivity contribution in [2.24, 2.45) is 0 Å². The van der Waals surface area contributed by atoms with Gasteiger partial charge in [-0.25, -0.2) is 14.4 Å². The Balaban J connectivity index is 3.98. The normalized spacial score (nSPS) is 9.33. The fourth-order valence-corrected chi connectivity index (χ4v) is 0.314. The maximum atomic E-state index is 10.5. The average molecular weight is 170 g/mol. The number of hydrogen-bond donors (Lipinski definition) is 1. The summed E-state index contributed by atoms with van der Waals surface area (Å²) >= 11 is 0. The molecule has 0 saturated carbocycles. The van der Waals surface area contributed by atoms with Crippen LogP contribution in [0.2, 0.25) is 0 Å². The van der Waals surface area contributed by atoms with E-state index in [-0.39, 0.29) is 0 Å². The summed E-state index contributed by atoms with van der Waals surface area (Å²) in [5, 5.41) is 8.05. The molecule has 0 aliphatic rings. The van der Waals surface area contributed by atoms with Crippen molar-refractivity contribution >= 4 is 17.9 Å². The van der Waals surface area contributed by atoms with Crippen LogP contribution in [0.25, 0.3) is 0 Å². The third-order valence-corrected chi connectivity index (χ3v) is 0.730. The smallest absolute Gasteiger partial charge is 0.338 e. The molecule has 0 aromatic carbocycles. The standard InChI is InChI=1S/C7H6O5/c1-2-6(10)12-7(11)4-3-5(8)9/h2-4H,1H2,(H,8,9). The van der Waals surface area contributed by atoms with Crippen molar-refractivity contribution in [2.45, 2.75) is 0 Å². The molecule has 0 atom stereocenters. The number of aliphatic carboxylic acids is 1. The van der Waals surface area contributed by atoms with E-state index in [1.54, 1.807) is 0 Å². The summed E-state index contributed by atoms with van der Waals surface area (Å²) in [6.45, 7) is 3.04. The molecule has 64 valence electrons. The highest BCUT2D eigenvalue weighted by Gasteiger charge is 2.02. The van der Waals surface area contributed by atoms with Crippen LogP contribution < -0.4 is 0 Å². The second kappa shape index (κ2) is 4.84. The van der Waals surface area contributed by atoms with Crippen LogP contribution in [0.4, 0.5) is 0 Å². The van der Waals surface area contributed by atoms with Gasteiger partial charge in [-0.2, -0.15) is 0 Å². The number of rotatable bonds is 3. The van der Waals surface area contributed by atoms with E-state index in [1.807, 2.05) is 0 Å². The van der Waals surface area contributed by atoms with Crippen LogP contribution in [-0.2, 0) is 19.1 Å². The van der Waals surface area contributed by atoms with Crippen molar-refractivity contribution in [3.63, 3.8) is 0 Å². The van der Waals surface area contributed by atoms with Crippen molar-refractivity contribution < 1.29 is 24.2 Å². The molecule has 0 bridgehead atoms. The summed E-state index contributed by atoms with van der Waals surface area (Å²) in [6, 6.07) is 0. The van der Waals surface area contributed by atoms with E-state index in [4.69, 9.17) is 5.11 Å². The lowest BCUT2D eigenvalue weighted by molar-refractivity contribution is -0.152. The summed E-state index contributed by atoms with van der Waals surface area (Å²) < 4.78 is 4.00. The maximum absolute atomic E-state index is 10.5. The third kappa shape index (κ3) is 4.92. The average Bonchev–Trinajstić information content (AvgIpc) is 2.00. The molecule has 0 heterocycles. The SMILES string of the molecule is C=CC(=O)OC(=O)C=CC(=O)O. The van der Waals surface area contributed by atoms with Crippen molar-refractivity contribution in [3.8, 4) is 0 Å². The van der Waals surface area contributed by atoms with Crippen LogP contribution >= 0.6 is 0 Å². The molecule has 5 heteroatoms. The number of esters is 2. The number of carbonyl (C=O) groups excluding carboxylic acids is 2. The Morgan fingerprint density at radius 1 is 1.17 bits per heavy atom. The van der Waals surface area contributed by atoms with Gasteiger partial charge in [0.15, 0.2) is 0 Å². The van der Waals surface area contributed by atoms with E-state index in [0.29, 0.717) is 12.2 Å². The van der Waals surface area contributed by atoms with E-state index in [9.17, 15) is 14.4 Å². The highest BCUT2D eigenvalue weighted by molar-refractivity contribution is 5.98. The minimum absolute atomic E-state index is 0.568. The molecule has 0 amide bonds. The molecule has 12 heavy (non-hydrogen) atoms. The predicted octanol–water partition coefficient (Wildman–Crippen LogP) is -0.117. The van der Waals surface area contributed by atoms with Gasteiger partial charge in [-0.1, -0.05) is 6.58 Å². The summed E-state index contributed by atoms with van der Waals surface area (Å²) in [7, 11) is 0. The third-order valence-electron chi connectivity index (χ3n) is 0.730. The van der Waals surface area contributed by atoms with E-state index < -0.39 is 17.9 Å². The predicted molar refractivity (Wildman–Crippen MR) is 38.1 cm³/mol. The van der Waals surface area contributed by atoms with E-state index in [0.717, 1.165) is 6.08 Å². The fraction of sp³-hybridized carbons (Fsp3) is 0. The van der Waals surface area contributed by atoms with Gasteiger partial charge in [-0.05, 0) is 0 Å². The lowest BCUT2D eigenvalue weighted by Crippen LogP contribution is -2.07. The first-order chi connectivity index (χ1) is 5.56. The monoisotopic (exact) mass is 170 g/mol. The summed E-state index contributed by atoms with van der Waals surface area (Å²) in [6.07, 6.45) is 1.99. The van der Waals surface area contributed by atoms with Crippen molar-refractivity contribution in [2.75, 3.05) is 0 Å². The molecule has 0 aromatic heterocycles. The second-order valence-electron chi connectivity index (χ2n) is 1.62. The minimum atomic E-state index is -1.29. The largest absolute Gasteiger partial charge is 0.478 e. The van der Waals surface area contributed by atoms with Crippen molar-refractivity contribution in [1.29, 1.82) is 0 Å². The molecule has 0 aliphatic heterocycles. The molecular weight excluding hydrogens is 164 g/mol. The quantitative estimate of drug-likeness (QED) is 0.363. The molecule has 0 radical (unpaired) electrons. The molecular formula is C7H6O5. The van der Waals surface area contributed by atoms with E-state index in [2.05, 4.69) is 11.3 Å². The van der Waals surface area contributed by atoms with Crippen LogP contribution in [0.3, 0.4) is 0 Å². The van der Waals surface area contributed by atoms with Crippen LogP contribution in [0.1, 0.15) is 0 Å². The van der Waals surface area contributed by atoms with E-state index >= 15 is 0 Å². The highest BCUT2D eigenvalue weighted by atomic mass is 16.6. The van der Waals surface area contributed by atoms with Gasteiger partial charge in [0.25, 0.3) is 0 Å². The van der Waals surface area contributed by atoms with Gasteiger partial charge in [0.05, 0.1) is 0 Å². The molecule has 0 fully saturated rings. The Kier molecular flexibility index (Phi) is 4.07. The van der Waals surface area contributed by atoms with Gasteiger partial charge < -0.3 is 9.84 Å². The van der Waals surface area contributed by atoms with Crippen LogP contribution in [0, 0.1) is 0 Å². The summed E-state index contributed by atoms with van der Waals surface area (Å²) in [5.41, 5.74) is 0. The van der Waals surface area contributed by atoms with Gasteiger partial charge in [-0.15, -0.1) is 0 Å². The molecule has 0 rings (SSSR count). The summed E-state index contributed by atoms with van der Waals surface area (Å²) in [4.78, 5) is 30.7. The topological polar surface area (TPSA) is 80.7 Å². The zero-order chi connectivity index (χ0) is 9.56. The van der Waals surface area contributed by atoms with E-state index in [1.165, 1.54) is 0 Å². The Morgan fingerprint density at radius 2 is 1.75 bits per heavy atom. The zero-order valence-corrected chi connectivity index (χ0v) is 6.02. The number of ether oxygens (including phenoxy) is 1. The first-order valence-corrected chi connectivity index (χ1v) is 2.85. The van der Waals surface area contributed by atoms with Gasteiger partial charge in [0.1, 0.15) is 0 Å². The molecule has 0 aromatic rings. The Bertz CT molecular complexity index is 251. The van der Waals surface area contributed by atoms with Crippen LogP contribution in [0.5, 0.6) is 0 Å².